The van der Waals surface area contributed by atoms with Crippen molar-refractivity contribution >= 4 is 0 Å². The Bertz CT molecular complexity index is 348. The van der Waals surface area contributed by atoms with Gasteiger partial charge >= 0.3 is 0 Å². The Morgan fingerprint density at radius 2 is 0.923 bits per heavy atom. The quantitative estimate of drug-likeness (QED) is 0.312. The van der Waals surface area contributed by atoms with E-state index in [1.165, 1.54) is 108 Å². The van der Waals surface area contributed by atoms with E-state index < -0.39 is 0 Å². The van der Waals surface area contributed by atoms with Crippen molar-refractivity contribution in [2.75, 3.05) is 13.6 Å². The molecule has 0 saturated carbocycles. The van der Waals surface area contributed by atoms with Gasteiger partial charge in [-0.15, -0.1) is 0 Å². The van der Waals surface area contributed by atoms with Crippen LogP contribution in [0.3, 0.4) is 0 Å². The summed E-state index contributed by atoms with van der Waals surface area (Å²) in [7, 11) is 2.04. The summed E-state index contributed by atoms with van der Waals surface area (Å²) in [6.45, 7) is 7.72. The maximum atomic E-state index is 3.21. The Balaban J connectivity index is 0.000000642. The van der Waals surface area contributed by atoms with Crippen LogP contribution in [-0.2, 0) is 0 Å². The van der Waals surface area contributed by atoms with Crippen LogP contribution in [0.5, 0.6) is 0 Å². The molecule has 0 aromatic heterocycles. The Morgan fingerprint density at radius 1 is 0.577 bits per heavy atom. The third-order valence-corrected chi connectivity index (χ3v) is 5.21. The molecule has 0 unspecified atom stereocenters. The summed E-state index contributed by atoms with van der Waals surface area (Å²) < 4.78 is 0. The molecule has 1 heteroatoms. The first-order chi connectivity index (χ1) is 12.7. The number of nitrogens with one attached hydrogen (secondary N) is 1. The second-order valence-electron chi connectivity index (χ2n) is 7.78. The van der Waals surface area contributed by atoms with Crippen LogP contribution in [0, 0.1) is 13.8 Å². The molecule has 0 aliphatic heterocycles. The van der Waals surface area contributed by atoms with Gasteiger partial charge in [-0.2, -0.15) is 0 Å². The minimum atomic E-state index is 1.19. The zero-order chi connectivity index (χ0) is 19.3. The van der Waals surface area contributed by atoms with Crippen LogP contribution in [0.2, 0.25) is 0 Å². The van der Waals surface area contributed by atoms with Crippen LogP contribution in [-0.4, -0.2) is 13.6 Å². The summed E-state index contributed by atoms with van der Waals surface area (Å²) in [5, 5.41) is 3.21. The lowest BCUT2D eigenvalue weighted by Gasteiger charge is -2.03. The standard InChI is InChI=1S/C17H37N.C8H10/c1-3-4-5-6-7-8-9-10-11-12-13-14-15-16-17-18-2;1-7-5-3-4-6-8(7)2/h18H,3-17H2,1-2H3;3-6H,1-2H3. The van der Waals surface area contributed by atoms with Gasteiger partial charge in [-0.1, -0.05) is 115 Å². The zero-order valence-electron chi connectivity index (χ0n) is 18.4. The van der Waals surface area contributed by atoms with Gasteiger partial charge in [0.15, 0.2) is 0 Å². The van der Waals surface area contributed by atoms with E-state index in [4.69, 9.17) is 0 Å². The number of aryl methyl sites for hydroxylation is 2. The Hall–Kier alpha value is -0.820. The summed E-state index contributed by atoms with van der Waals surface area (Å²) in [4.78, 5) is 0. The SMILES string of the molecule is CCCCCCCCCCCCCCCCNC.Cc1ccccc1C. The highest BCUT2D eigenvalue weighted by molar-refractivity contribution is 5.23. The van der Waals surface area contributed by atoms with Crippen LogP contribution >= 0.6 is 0 Å². The molecule has 1 nitrogen and oxygen atoms in total. The molecule has 0 saturated heterocycles. The molecule has 0 radical (unpaired) electrons. The molecule has 0 fully saturated rings. The van der Waals surface area contributed by atoms with Crippen molar-refractivity contribution in [3.8, 4) is 0 Å². The number of rotatable bonds is 15. The molecule has 26 heavy (non-hydrogen) atoms. The van der Waals surface area contributed by atoms with Gasteiger partial charge in [-0.3, -0.25) is 0 Å². The highest BCUT2D eigenvalue weighted by Gasteiger charge is 1.93. The maximum absolute atomic E-state index is 3.21. The fraction of sp³-hybridized carbons (Fsp3) is 0.760. The first-order valence-corrected chi connectivity index (χ1v) is 11.4. The Morgan fingerprint density at radius 3 is 1.23 bits per heavy atom. The average Bonchev–Trinajstić information content (AvgIpc) is 2.65. The molecule has 0 aliphatic rings. The van der Waals surface area contributed by atoms with Crippen LogP contribution in [0.1, 0.15) is 108 Å². The van der Waals surface area contributed by atoms with E-state index in [9.17, 15) is 0 Å². The second kappa shape index (κ2) is 20.5. The van der Waals surface area contributed by atoms with E-state index in [1.807, 2.05) is 7.05 Å². The van der Waals surface area contributed by atoms with Gasteiger partial charge < -0.3 is 5.32 Å². The molecule has 0 atom stereocenters. The summed E-state index contributed by atoms with van der Waals surface area (Å²) >= 11 is 0. The molecule has 152 valence electrons. The van der Waals surface area contributed by atoms with E-state index in [0.717, 1.165) is 0 Å². The second-order valence-corrected chi connectivity index (χ2v) is 7.78. The summed E-state index contributed by atoms with van der Waals surface area (Å²) in [6, 6.07) is 8.36. The molecular weight excluding hydrogens is 314 g/mol. The minimum absolute atomic E-state index is 1.19. The van der Waals surface area contributed by atoms with Gasteiger partial charge in [0, 0.05) is 0 Å². The molecule has 0 heterocycles. The molecule has 0 aliphatic carbocycles. The minimum Gasteiger partial charge on any atom is -0.320 e. The maximum Gasteiger partial charge on any atom is -0.00519 e. The first-order valence-electron chi connectivity index (χ1n) is 11.4. The summed E-state index contributed by atoms with van der Waals surface area (Å²) in [5.41, 5.74) is 2.74. The van der Waals surface area contributed by atoms with Gasteiger partial charge in [0.2, 0.25) is 0 Å². The fourth-order valence-corrected chi connectivity index (χ4v) is 3.16. The van der Waals surface area contributed by atoms with E-state index >= 15 is 0 Å². The fourth-order valence-electron chi connectivity index (χ4n) is 3.16. The van der Waals surface area contributed by atoms with Gasteiger partial charge in [0.1, 0.15) is 0 Å². The molecular formula is C25H47N. The average molecular weight is 362 g/mol. The monoisotopic (exact) mass is 361 g/mol. The lowest BCUT2D eigenvalue weighted by Crippen LogP contribution is -2.06. The Kier molecular flexibility index (Phi) is 19.8. The highest BCUT2D eigenvalue weighted by atomic mass is 14.8. The molecule has 0 spiro atoms. The number of unbranched alkanes of at least 4 members (excludes halogenated alkanes) is 13. The smallest absolute Gasteiger partial charge is 0.00519 e. The topological polar surface area (TPSA) is 12.0 Å². The van der Waals surface area contributed by atoms with Crippen molar-refractivity contribution in [3.63, 3.8) is 0 Å². The van der Waals surface area contributed by atoms with Gasteiger partial charge in [-0.05, 0) is 45.0 Å². The van der Waals surface area contributed by atoms with Crippen molar-refractivity contribution in [2.24, 2.45) is 0 Å². The van der Waals surface area contributed by atoms with E-state index in [0.29, 0.717) is 0 Å². The first kappa shape index (κ1) is 25.2. The molecule has 0 amide bonds. The third-order valence-electron chi connectivity index (χ3n) is 5.21. The molecule has 1 aromatic carbocycles. The lowest BCUT2D eigenvalue weighted by atomic mass is 10.0. The zero-order valence-corrected chi connectivity index (χ0v) is 18.4. The van der Waals surface area contributed by atoms with E-state index in [1.54, 1.807) is 0 Å². The predicted octanol–water partition coefficient (Wildman–Crippen LogP) is 7.99. The van der Waals surface area contributed by atoms with Gasteiger partial charge in [0.05, 0.1) is 0 Å². The third kappa shape index (κ3) is 18.0. The normalized spacial score (nSPS) is 10.5. The van der Waals surface area contributed by atoms with Gasteiger partial charge in [-0.25, -0.2) is 0 Å². The van der Waals surface area contributed by atoms with Crippen molar-refractivity contribution < 1.29 is 0 Å². The molecule has 1 rings (SSSR count). The predicted molar refractivity (Wildman–Crippen MR) is 120 cm³/mol. The highest BCUT2D eigenvalue weighted by Crippen LogP contribution is 2.12. The lowest BCUT2D eigenvalue weighted by molar-refractivity contribution is 0.533. The van der Waals surface area contributed by atoms with Crippen molar-refractivity contribution in [1.82, 2.24) is 5.32 Å². The van der Waals surface area contributed by atoms with Crippen LogP contribution in [0.4, 0.5) is 0 Å². The van der Waals surface area contributed by atoms with Crippen LogP contribution in [0.25, 0.3) is 0 Å². The number of hydrogen-bond donors (Lipinski definition) is 1. The molecule has 1 N–H and O–H groups in total. The van der Waals surface area contributed by atoms with E-state index in [-0.39, 0.29) is 0 Å². The molecule has 1 aromatic rings. The number of benzene rings is 1. The summed E-state index contributed by atoms with van der Waals surface area (Å²) in [5.74, 6) is 0. The van der Waals surface area contributed by atoms with Crippen LogP contribution < -0.4 is 5.32 Å². The van der Waals surface area contributed by atoms with Crippen molar-refractivity contribution in [1.29, 1.82) is 0 Å². The van der Waals surface area contributed by atoms with Crippen molar-refractivity contribution in [2.45, 2.75) is 111 Å². The van der Waals surface area contributed by atoms with Crippen LogP contribution in [0.15, 0.2) is 24.3 Å². The summed E-state index contributed by atoms with van der Waals surface area (Å²) in [6.07, 6.45) is 20.3. The Labute approximate surface area is 165 Å². The molecule has 0 bridgehead atoms. The van der Waals surface area contributed by atoms with Gasteiger partial charge in [0.25, 0.3) is 0 Å². The number of hydrogen-bond acceptors (Lipinski definition) is 1. The van der Waals surface area contributed by atoms with Crippen molar-refractivity contribution in [3.05, 3.63) is 35.4 Å². The van der Waals surface area contributed by atoms with E-state index in [2.05, 4.69) is 50.4 Å². The largest absolute Gasteiger partial charge is 0.320 e.